The lowest BCUT2D eigenvalue weighted by molar-refractivity contribution is -0.126. The molecule has 1 saturated heterocycles. The van der Waals surface area contributed by atoms with E-state index in [2.05, 4.69) is 31.0 Å². The van der Waals surface area contributed by atoms with E-state index in [0.717, 1.165) is 21.8 Å². The molecular formula is C23H17BrN4O4S3. The molecule has 1 aliphatic rings. The van der Waals surface area contributed by atoms with Gasteiger partial charge in [0.2, 0.25) is 5.91 Å². The van der Waals surface area contributed by atoms with E-state index in [9.17, 15) is 18.0 Å². The fourth-order valence-electron chi connectivity index (χ4n) is 3.03. The fraction of sp³-hybridized carbons (Fsp3) is 0.0435. The van der Waals surface area contributed by atoms with Gasteiger partial charge in [0.1, 0.15) is 16.7 Å². The molecule has 0 radical (unpaired) electrons. The van der Waals surface area contributed by atoms with Crippen molar-refractivity contribution in [2.75, 3.05) is 16.6 Å². The lowest BCUT2D eigenvalue weighted by Crippen LogP contribution is -2.36. The average Bonchev–Trinajstić information content (AvgIpc) is 3.08. The molecule has 3 aromatic rings. The molecule has 0 unspecified atom stereocenters. The number of amides is 2. The second-order valence-corrected chi connectivity index (χ2v) is 11.5. The van der Waals surface area contributed by atoms with Crippen LogP contribution in [0.25, 0.3) is 6.08 Å². The van der Waals surface area contributed by atoms with Crippen LogP contribution in [0.3, 0.4) is 0 Å². The summed E-state index contributed by atoms with van der Waals surface area (Å²) in [7, 11) is -3.83. The van der Waals surface area contributed by atoms with Crippen LogP contribution in [0.15, 0.2) is 87.2 Å². The van der Waals surface area contributed by atoms with Gasteiger partial charge in [0.25, 0.3) is 15.9 Å². The number of carbonyl (C=O) groups excluding carboxylic acids is 2. The van der Waals surface area contributed by atoms with Crippen molar-refractivity contribution in [1.82, 2.24) is 9.88 Å². The van der Waals surface area contributed by atoms with Crippen LogP contribution >= 0.6 is 39.9 Å². The molecule has 1 aliphatic heterocycles. The Balaban J connectivity index is 1.38. The second-order valence-electron chi connectivity index (χ2n) is 7.21. The molecule has 2 amide bonds. The monoisotopic (exact) mass is 588 g/mol. The average molecular weight is 590 g/mol. The molecule has 178 valence electrons. The maximum atomic E-state index is 12.8. The topological polar surface area (TPSA) is 108 Å². The SMILES string of the molecule is O=C(CN1C(=O)C(=Cc2ccc(Br)cc2)SC1=S)Nc1ccc(S(=O)(=O)Nc2ccccn2)cc1. The molecule has 2 aromatic carbocycles. The number of thiocarbonyl (C=S) groups is 1. The Kier molecular flexibility index (Phi) is 7.65. The highest BCUT2D eigenvalue weighted by Crippen LogP contribution is 2.32. The van der Waals surface area contributed by atoms with E-state index in [4.69, 9.17) is 12.2 Å². The number of nitrogens with one attached hydrogen (secondary N) is 2. The van der Waals surface area contributed by atoms with Gasteiger partial charge in [0.05, 0.1) is 9.80 Å². The largest absolute Gasteiger partial charge is 0.325 e. The van der Waals surface area contributed by atoms with Gasteiger partial charge in [-0.15, -0.1) is 0 Å². The van der Waals surface area contributed by atoms with Gasteiger partial charge < -0.3 is 5.32 Å². The third-order valence-electron chi connectivity index (χ3n) is 4.70. The first-order chi connectivity index (χ1) is 16.7. The summed E-state index contributed by atoms with van der Waals surface area (Å²) in [5.41, 5.74) is 1.22. The van der Waals surface area contributed by atoms with Crippen LogP contribution in [0, 0.1) is 0 Å². The second kappa shape index (κ2) is 10.7. The van der Waals surface area contributed by atoms with Crippen molar-refractivity contribution in [2.24, 2.45) is 0 Å². The Bertz CT molecular complexity index is 1410. The van der Waals surface area contributed by atoms with Crippen LogP contribution in [0.5, 0.6) is 0 Å². The first-order valence-corrected chi connectivity index (χ1v) is 13.6. The van der Waals surface area contributed by atoms with Gasteiger partial charge in [-0.05, 0) is 60.2 Å². The lowest BCUT2D eigenvalue weighted by atomic mass is 10.2. The van der Waals surface area contributed by atoms with Crippen LogP contribution in [0.2, 0.25) is 0 Å². The normalized spacial score (nSPS) is 14.9. The number of hydrogen-bond acceptors (Lipinski definition) is 7. The smallest absolute Gasteiger partial charge is 0.266 e. The molecule has 0 saturated carbocycles. The van der Waals surface area contributed by atoms with Crippen molar-refractivity contribution in [3.63, 3.8) is 0 Å². The third kappa shape index (κ3) is 6.34. The summed E-state index contributed by atoms with van der Waals surface area (Å²) in [4.78, 5) is 30.9. The van der Waals surface area contributed by atoms with Gasteiger partial charge >= 0.3 is 0 Å². The number of anilines is 2. The maximum absolute atomic E-state index is 12.8. The zero-order valence-electron chi connectivity index (χ0n) is 17.8. The Morgan fingerprint density at radius 1 is 1.09 bits per heavy atom. The van der Waals surface area contributed by atoms with Gasteiger partial charge in [0, 0.05) is 16.4 Å². The number of rotatable bonds is 7. The van der Waals surface area contributed by atoms with E-state index in [1.54, 1.807) is 18.2 Å². The fourth-order valence-corrected chi connectivity index (χ4v) is 5.56. The van der Waals surface area contributed by atoms with Crippen LogP contribution in [-0.2, 0) is 19.6 Å². The number of halogens is 1. The number of sulfonamides is 1. The minimum Gasteiger partial charge on any atom is -0.325 e. The highest BCUT2D eigenvalue weighted by atomic mass is 79.9. The molecule has 0 atom stereocenters. The van der Waals surface area contributed by atoms with Crippen molar-refractivity contribution in [3.8, 4) is 0 Å². The molecule has 2 heterocycles. The molecule has 0 aliphatic carbocycles. The van der Waals surface area contributed by atoms with E-state index in [-0.39, 0.29) is 27.5 Å². The van der Waals surface area contributed by atoms with Crippen LogP contribution in [-0.4, -0.2) is 41.0 Å². The predicted molar refractivity (Wildman–Crippen MR) is 144 cm³/mol. The van der Waals surface area contributed by atoms with Gasteiger partial charge in [-0.2, -0.15) is 0 Å². The number of nitrogens with zero attached hydrogens (tertiary/aromatic N) is 2. The Labute approximate surface area is 220 Å². The quantitative estimate of drug-likeness (QED) is 0.309. The van der Waals surface area contributed by atoms with Crippen molar-refractivity contribution in [3.05, 3.63) is 87.9 Å². The first-order valence-electron chi connectivity index (χ1n) is 10.1. The van der Waals surface area contributed by atoms with Crippen molar-refractivity contribution in [1.29, 1.82) is 0 Å². The zero-order chi connectivity index (χ0) is 25.0. The first kappa shape index (κ1) is 25.0. The predicted octanol–water partition coefficient (Wildman–Crippen LogP) is 4.48. The Hall–Kier alpha value is -3.06. The number of hydrogen-bond donors (Lipinski definition) is 2. The van der Waals surface area contributed by atoms with E-state index in [0.29, 0.717) is 10.6 Å². The maximum Gasteiger partial charge on any atom is 0.266 e. The van der Waals surface area contributed by atoms with E-state index < -0.39 is 15.9 Å². The summed E-state index contributed by atoms with van der Waals surface area (Å²) in [6, 6.07) is 18.0. The Morgan fingerprint density at radius 2 is 1.80 bits per heavy atom. The molecule has 35 heavy (non-hydrogen) atoms. The molecule has 2 N–H and O–H groups in total. The molecule has 12 heteroatoms. The number of carbonyl (C=O) groups is 2. The molecular weight excluding hydrogens is 572 g/mol. The van der Waals surface area contributed by atoms with Gasteiger partial charge in [-0.1, -0.05) is 58.1 Å². The third-order valence-corrected chi connectivity index (χ3v) is 7.97. The summed E-state index contributed by atoms with van der Waals surface area (Å²) >= 11 is 9.79. The highest BCUT2D eigenvalue weighted by molar-refractivity contribution is 9.10. The summed E-state index contributed by atoms with van der Waals surface area (Å²) < 4.78 is 28.6. The number of pyridine rings is 1. The van der Waals surface area contributed by atoms with E-state index >= 15 is 0 Å². The Morgan fingerprint density at radius 3 is 2.46 bits per heavy atom. The lowest BCUT2D eigenvalue weighted by Gasteiger charge is -2.14. The number of thioether (sulfide) groups is 1. The summed E-state index contributed by atoms with van der Waals surface area (Å²) in [6.07, 6.45) is 3.20. The van der Waals surface area contributed by atoms with Crippen molar-refractivity contribution < 1.29 is 18.0 Å². The summed E-state index contributed by atoms with van der Waals surface area (Å²) in [6.45, 7) is -0.260. The molecule has 1 fully saturated rings. The minimum absolute atomic E-state index is 0.0103. The number of aromatic nitrogens is 1. The van der Waals surface area contributed by atoms with Gasteiger partial charge in [-0.3, -0.25) is 19.2 Å². The van der Waals surface area contributed by atoms with Crippen LogP contribution in [0.1, 0.15) is 5.56 Å². The molecule has 4 rings (SSSR count). The number of benzene rings is 2. The van der Waals surface area contributed by atoms with E-state index in [1.165, 1.54) is 41.4 Å². The van der Waals surface area contributed by atoms with Gasteiger partial charge in [-0.25, -0.2) is 13.4 Å². The minimum atomic E-state index is -3.83. The van der Waals surface area contributed by atoms with E-state index in [1.807, 2.05) is 24.3 Å². The van der Waals surface area contributed by atoms with Crippen LogP contribution in [0.4, 0.5) is 11.5 Å². The van der Waals surface area contributed by atoms with Gasteiger partial charge in [0.15, 0.2) is 0 Å². The van der Waals surface area contributed by atoms with Crippen molar-refractivity contribution >= 4 is 83.6 Å². The summed E-state index contributed by atoms with van der Waals surface area (Å²) in [5.74, 6) is -0.615. The standard InChI is InChI=1S/C23H17BrN4O4S3/c24-16-6-4-15(5-7-16)13-19-22(30)28(23(33)34-19)14-21(29)26-17-8-10-18(11-9-17)35(31,32)27-20-3-1-2-12-25-20/h1-13H,14H2,(H,25,27)(H,26,29). The molecule has 0 bridgehead atoms. The summed E-state index contributed by atoms with van der Waals surface area (Å²) in [5, 5.41) is 2.66. The molecule has 8 nitrogen and oxygen atoms in total. The molecule has 0 spiro atoms. The highest BCUT2D eigenvalue weighted by Gasteiger charge is 2.33. The van der Waals surface area contributed by atoms with Crippen molar-refractivity contribution in [2.45, 2.75) is 4.90 Å². The van der Waals surface area contributed by atoms with Crippen LogP contribution < -0.4 is 10.0 Å². The zero-order valence-corrected chi connectivity index (χ0v) is 21.9. The molecule has 1 aromatic heterocycles.